The van der Waals surface area contributed by atoms with Gasteiger partial charge in [-0.15, -0.1) is 0 Å². The number of hydrogen-bond acceptors (Lipinski definition) is 3. The maximum atomic E-state index is 12.7. The predicted molar refractivity (Wildman–Crippen MR) is 101 cm³/mol. The van der Waals surface area contributed by atoms with Gasteiger partial charge in [-0.1, -0.05) is 0 Å². The molecule has 2 heterocycles. The Morgan fingerprint density at radius 2 is 1.88 bits per heavy atom. The third kappa shape index (κ3) is 3.95. The summed E-state index contributed by atoms with van der Waals surface area (Å²) < 4.78 is 1.75. The molecule has 1 fully saturated rings. The highest BCUT2D eigenvalue weighted by atomic mass is 16.2. The van der Waals surface area contributed by atoms with Crippen molar-refractivity contribution in [2.24, 2.45) is 0 Å². The number of nitrogens with one attached hydrogen (secondary N) is 1. The van der Waals surface area contributed by atoms with Crippen LogP contribution in [0.3, 0.4) is 0 Å². The van der Waals surface area contributed by atoms with Crippen molar-refractivity contribution < 1.29 is 9.59 Å². The second kappa shape index (κ2) is 7.72. The molecule has 1 atom stereocenters. The zero-order valence-corrected chi connectivity index (χ0v) is 15.6. The van der Waals surface area contributed by atoms with Crippen molar-refractivity contribution in [3.05, 3.63) is 47.8 Å². The molecule has 0 radical (unpaired) electrons. The summed E-state index contributed by atoms with van der Waals surface area (Å²) in [7, 11) is 0. The summed E-state index contributed by atoms with van der Waals surface area (Å²) in [4.78, 5) is 26.9. The highest BCUT2D eigenvalue weighted by Crippen LogP contribution is 2.20. The van der Waals surface area contributed by atoms with E-state index in [0.29, 0.717) is 16.9 Å². The zero-order chi connectivity index (χ0) is 18.7. The SMILES string of the molecule is CC(C)n1ccc(C(=O)Nc2ccc(C(=O)N3CCCC[C@@H]3C)cc2)n1. The van der Waals surface area contributed by atoms with Crippen LogP contribution < -0.4 is 5.32 Å². The highest BCUT2D eigenvalue weighted by molar-refractivity contribution is 6.03. The van der Waals surface area contributed by atoms with Gasteiger partial charge in [0.1, 0.15) is 0 Å². The Kier molecular flexibility index (Phi) is 5.40. The van der Waals surface area contributed by atoms with Crippen LogP contribution in [0.2, 0.25) is 0 Å². The van der Waals surface area contributed by atoms with Gasteiger partial charge in [-0.3, -0.25) is 14.3 Å². The molecule has 3 rings (SSSR count). The second-order valence-corrected chi connectivity index (χ2v) is 7.15. The van der Waals surface area contributed by atoms with E-state index < -0.39 is 0 Å². The number of benzene rings is 1. The molecule has 0 saturated carbocycles. The van der Waals surface area contributed by atoms with Crippen molar-refractivity contribution in [1.82, 2.24) is 14.7 Å². The van der Waals surface area contributed by atoms with Crippen LogP contribution in [0.5, 0.6) is 0 Å². The van der Waals surface area contributed by atoms with E-state index in [1.54, 1.807) is 41.2 Å². The number of rotatable bonds is 4. The van der Waals surface area contributed by atoms with Crippen molar-refractivity contribution in [1.29, 1.82) is 0 Å². The molecule has 0 unspecified atom stereocenters. The molecule has 26 heavy (non-hydrogen) atoms. The molecule has 1 N–H and O–H groups in total. The number of nitrogens with zero attached hydrogens (tertiary/aromatic N) is 3. The summed E-state index contributed by atoms with van der Waals surface area (Å²) >= 11 is 0. The molecular formula is C20H26N4O2. The van der Waals surface area contributed by atoms with Crippen LogP contribution in [0.4, 0.5) is 5.69 Å². The van der Waals surface area contributed by atoms with E-state index in [1.165, 1.54) is 6.42 Å². The molecule has 1 saturated heterocycles. The largest absolute Gasteiger partial charge is 0.336 e. The summed E-state index contributed by atoms with van der Waals surface area (Å²) in [5.41, 5.74) is 1.68. The van der Waals surface area contributed by atoms with E-state index in [2.05, 4.69) is 17.3 Å². The summed E-state index contributed by atoms with van der Waals surface area (Å²) in [5, 5.41) is 7.09. The average Bonchev–Trinajstić information content (AvgIpc) is 3.13. The molecule has 1 aliphatic rings. The van der Waals surface area contributed by atoms with Crippen molar-refractivity contribution in [2.45, 2.75) is 52.1 Å². The van der Waals surface area contributed by atoms with Crippen LogP contribution in [0.1, 0.15) is 66.9 Å². The first-order valence-electron chi connectivity index (χ1n) is 9.23. The minimum atomic E-state index is -0.256. The lowest BCUT2D eigenvalue weighted by Crippen LogP contribution is -2.42. The molecule has 138 valence electrons. The lowest BCUT2D eigenvalue weighted by atomic mass is 10.0. The maximum absolute atomic E-state index is 12.7. The lowest BCUT2D eigenvalue weighted by Gasteiger charge is -2.33. The molecule has 0 bridgehead atoms. The van der Waals surface area contributed by atoms with Gasteiger partial charge in [0.15, 0.2) is 5.69 Å². The fourth-order valence-electron chi connectivity index (χ4n) is 3.20. The van der Waals surface area contributed by atoms with E-state index in [1.807, 2.05) is 18.7 Å². The molecule has 1 aliphatic heterocycles. The van der Waals surface area contributed by atoms with Crippen LogP contribution in [-0.4, -0.2) is 39.1 Å². The fraction of sp³-hybridized carbons (Fsp3) is 0.450. The van der Waals surface area contributed by atoms with Gasteiger partial charge in [-0.2, -0.15) is 5.10 Å². The quantitative estimate of drug-likeness (QED) is 0.910. The monoisotopic (exact) mass is 354 g/mol. The summed E-state index contributed by atoms with van der Waals surface area (Å²) in [6.45, 7) is 6.93. The number of piperidine rings is 1. The Labute approximate surface area is 154 Å². The van der Waals surface area contributed by atoms with Crippen LogP contribution in [0, 0.1) is 0 Å². The van der Waals surface area contributed by atoms with Crippen LogP contribution >= 0.6 is 0 Å². The molecule has 6 nitrogen and oxygen atoms in total. The first kappa shape index (κ1) is 18.2. The average molecular weight is 354 g/mol. The van der Waals surface area contributed by atoms with E-state index in [4.69, 9.17) is 0 Å². The highest BCUT2D eigenvalue weighted by Gasteiger charge is 2.24. The topological polar surface area (TPSA) is 67.2 Å². The number of aromatic nitrogens is 2. The van der Waals surface area contributed by atoms with Crippen molar-refractivity contribution in [3.8, 4) is 0 Å². The molecule has 6 heteroatoms. The Balaban J connectivity index is 1.65. The number of carbonyl (C=O) groups excluding carboxylic acids is 2. The summed E-state index contributed by atoms with van der Waals surface area (Å²) in [6, 6.07) is 9.26. The Hall–Kier alpha value is -2.63. The first-order chi connectivity index (χ1) is 12.5. The molecule has 2 aromatic rings. The Bertz CT molecular complexity index is 779. The zero-order valence-electron chi connectivity index (χ0n) is 15.6. The van der Waals surface area contributed by atoms with Gasteiger partial charge < -0.3 is 10.2 Å². The number of likely N-dealkylation sites (tertiary alicyclic amines) is 1. The molecule has 1 aromatic heterocycles. The normalized spacial score (nSPS) is 17.4. The van der Waals surface area contributed by atoms with Gasteiger partial charge in [-0.05, 0) is 70.4 Å². The van der Waals surface area contributed by atoms with Gasteiger partial charge in [0.2, 0.25) is 0 Å². The van der Waals surface area contributed by atoms with Gasteiger partial charge in [-0.25, -0.2) is 0 Å². The Morgan fingerprint density at radius 1 is 1.15 bits per heavy atom. The molecule has 2 amide bonds. The number of hydrogen-bond donors (Lipinski definition) is 1. The smallest absolute Gasteiger partial charge is 0.276 e. The Morgan fingerprint density at radius 3 is 2.50 bits per heavy atom. The lowest BCUT2D eigenvalue weighted by molar-refractivity contribution is 0.0635. The third-order valence-corrected chi connectivity index (χ3v) is 4.82. The van der Waals surface area contributed by atoms with E-state index >= 15 is 0 Å². The number of anilines is 1. The van der Waals surface area contributed by atoms with Gasteiger partial charge in [0.25, 0.3) is 11.8 Å². The molecule has 1 aromatic carbocycles. The third-order valence-electron chi connectivity index (χ3n) is 4.82. The van der Waals surface area contributed by atoms with Gasteiger partial charge in [0, 0.05) is 36.1 Å². The molecule has 0 aliphatic carbocycles. The molecule has 0 spiro atoms. The second-order valence-electron chi connectivity index (χ2n) is 7.15. The van der Waals surface area contributed by atoms with E-state index in [9.17, 15) is 9.59 Å². The van der Waals surface area contributed by atoms with E-state index in [0.717, 1.165) is 19.4 Å². The van der Waals surface area contributed by atoms with E-state index in [-0.39, 0.29) is 23.9 Å². The summed E-state index contributed by atoms with van der Waals surface area (Å²) in [6.07, 6.45) is 5.10. The van der Waals surface area contributed by atoms with Crippen molar-refractivity contribution in [3.63, 3.8) is 0 Å². The minimum absolute atomic E-state index is 0.0609. The van der Waals surface area contributed by atoms with Crippen LogP contribution in [-0.2, 0) is 0 Å². The standard InChI is InChI=1S/C20H26N4O2/c1-14(2)24-13-11-18(22-24)19(25)21-17-9-7-16(8-10-17)20(26)23-12-5-4-6-15(23)3/h7-11,13-15H,4-6,12H2,1-3H3,(H,21,25)/t15-/m0/s1. The maximum Gasteiger partial charge on any atom is 0.276 e. The number of carbonyl (C=O) groups is 2. The van der Waals surface area contributed by atoms with Crippen molar-refractivity contribution in [2.75, 3.05) is 11.9 Å². The van der Waals surface area contributed by atoms with Gasteiger partial charge in [0.05, 0.1) is 0 Å². The fourth-order valence-corrected chi connectivity index (χ4v) is 3.20. The predicted octanol–water partition coefficient (Wildman–Crippen LogP) is 3.73. The summed E-state index contributed by atoms with van der Waals surface area (Å²) in [5.74, 6) is -0.195. The van der Waals surface area contributed by atoms with Gasteiger partial charge >= 0.3 is 0 Å². The van der Waals surface area contributed by atoms with Crippen LogP contribution in [0.15, 0.2) is 36.5 Å². The first-order valence-corrected chi connectivity index (χ1v) is 9.23. The minimum Gasteiger partial charge on any atom is -0.336 e. The number of amides is 2. The molecular weight excluding hydrogens is 328 g/mol. The van der Waals surface area contributed by atoms with Crippen LogP contribution in [0.25, 0.3) is 0 Å². The van der Waals surface area contributed by atoms with Crippen molar-refractivity contribution >= 4 is 17.5 Å².